The van der Waals surface area contributed by atoms with E-state index in [2.05, 4.69) is 63.7 Å². The molecule has 1 aromatic heterocycles. The number of aromatic nitrogens is 2. The number of nitrogens with zero attached hydrogens (tertiary/aromatic N) is 4. The van der Waals surface area contributed by atoms with E-state index in [-0.39, 0.29) is 0 Å². The number of H-pyrrole nitrogens is 1. The second-order valence-electron chi connectivity index (χ2n) is 11.5. The highest BCUT2D eigenvalue weighted by Crippen LogP contribution is 2.46. The van der Waals surface area contributed by atoms with E-state index in [9.17, 15) is 4.79 Å². The molecule has 6 aliphatic rings. The molecule has 3 aliphatic heterocycles. The fourth-order valence-electron chi connectivity index (χ4n) is 6.48. The summed E-state index contributed by atoms with van der Waals surface area (Å²) in [6.45, 7) is 6.63. The minimum atomic E-state index is -0.608. The third-order valence-electron chi connectivity index (χ3n) is 8.58. The molecule has 0 saturated carbocycles. The van der Waals surface area contributed by atoms with Gasteiger partial charge in [-0.2, -0.15) is 5.10 Å². The molecule has 8 heteroatoms. The number of ether oxygens (including phenoxy) is 1. The predicted molar refractivity (Wildman–Crippen MR) is 162 cm³/mol. The second-order valence-corrected chi connectivity index (χ2v) is 11.5. The van der Waals surface area contributed by atoms with Crippen LogP contribution in [0.15, 0.2) is 88.2 Å². The number of likely N-dealkylation sites (tertiary alicyclic amines) is 1. The molecule has 1 atom stereocenters. The standard InChI is InChI=1S/C18H23N.C15H17N5O2/c1-3-9-17-11-7-8-16(14-18(17)10-4-1)15-19-12-5-2-6-13-19;1-9-17-15(6-3-2-4-12(15)22-9)13-10-8-20(14(16)21)7-5-11(10)18-19-13/h1,4,7,9-11,14H,2-3,5-6,8,12-13,15H2;2-4H,5-8H2,1H3,(H2,16,21)(H,18,19). The summed E-state index contributed by atoms with van der Waals surface area (Å²) >= 11 is 0. The Balaban J connectivity index is 0.000000149. The van der Waals surface area contributed by atoms with Crippen LogP contribution in [0.2, 0.25) is 0 Å². The summed E-state index contributed by atoms with van der Waals surface area (Å²) in [6.07, 6.45) is 29.7. The molecule has 3 N–H and O–H groups in total. The number of carbonyl (C=O) groups excluding carboxylic acids is 1. The molecule has 7 rings (SSSR count). The molecule has 41 heavy (non-hydrogen) atoms. The van der Waals surface area contributed by atoms with Crippen molar-refractivity contribution < 1.29 is 9.53 Å². The zero-order chi connectivity index (χ0) is 28.2. The summed E-state index contributed by atoms with van der Waals surface area (Å²) in [6, 6.07) is -0.406. The molecule has 214 valence electrons. The summed E-state index contributed by atoms with van der Waals surface area (Å²) in [7, 11) is 0. The van der Waals surface area contributed by atoms with Gasteiger partial charge in [-0.15, -0.1) is 0 Å². The zero-order valence-corrected chi connectivity index (χ0v) is 23.9. The van der Waals surface area contributed by atoms with Gasteiger partial charge in [0.05, 0.1) is 6.54 Å². The maximum Gasteiger partial charge on any atom is 0.315 e. The quantitative estimate of drug-likeness (QED) is 0.517. The molecular weight excluding hydrogens is 512 g/mol. The fourth-order valence-corrected chi connectivity index (χ4v) is 6.48. The first-order chi connectivity index (χ1) is 20.0. The van der Waals surface area contributed by atoms with Crippen LogP contribution < -0.4 is 5.73 Å². The highest BCUT2D eigenvalue weighted by atomic mass is 16.5. The summed E-state index contributed by atoms with van der Waals surface area (Å²) in [5, 5.41) is 7.62. The summed E-state index contributed by atoms with van der Waals surface area (Å²) in [4.78, 5) is 20.5. The van der Waals surface area contributed by atoms with Crippen LogP contribution >= 0.6 is 0 Å². The molecule has 2 amide bonds. The zero-order valence-electron chi connectivity index (χ0n) is 23.9. The Morgan fingerprint density at radius 3 is 2.80 bits per heavy atom. The molecule has 0 spiro atoms. The van der Waals surface area contributed by atoms with Crippen LogP contribution in [0.5, 0.6) is 0 Å². The Bertz CT molecular complexity index is 1430. The van der Waals surface area contributed by atoms with Gasteiger partial charge in [-0.05, 0) is 56.0 Å². The minimum Gasteiger partial charge on any atom is -0.445 e. The van der Waals surface area contributed by atoms with Gasteiger partial charge in [-0.1, -0.05) is 66.7 Å². The third kappa shape index (κ3) is 5.79. The topological polar surface area (TPSA) is 99.8 Å². The first-order valence-corrected chi connectivity index (χ1v) is 14.9. The van der Waals surface area contributed by atoms with Crippen molar-refractivity contribution in [1.82, 2.24) is 20.0 Å². The lowest BCUT2D eigenvalue weighted by Gasteiger charge is -2.29. The summed E-state index contributed by atoms with van der Waals surface area (Å²) in [5.74, 6) is 1.42. The van der Waals surface area contributed by atoms with Crippen molar-refractivity contribution >= 4 is 11.9 Å². The van der Waals surface area contributed by atoms with E-state index in [4.69, 9.17) is 15.5 Å². The predicted octanol–water partition coefficient (Wildman–Crippen LogP) is 5.51. The number of rotatable bonds is 3. The average Bonchev–Trinajstić information content (AvgIpc) is 3.41. The van der Waals surface area contributed by atoms with Gasteiger partial charge in [0.15, 0.2) is 11.4 Å². The van der Waals surface area contributed by atoms with E-state index < -0.39 is 11.6 Å². The van der Waals surface area contributed by atoms with Crippen LogP contribution in [-0.2, 0) is 23.2 Å². The van der Waals surface area contributed by atoms with Crippen molar-refractivity contribution in [2.45, 2.75) is 64.0 Å². The number of hydrogen-bond acceptors (Lipinski definition) is 5. The van der Waals surface area contributed by atoms with E-state index in [1.54, 1.807) is 10.5 Å². The Morgan fingerprint density at radius 2 is 1.95 bits per heavy atom. The van der Waals surface area contributed by atoms with Gasteiger partial charge in [0.1, 0.15) is 11.5 Å². The summed E-state index contributed by atoms with van der Waals surface area (Å²) in [5.41, 5.74) is 12.0. The molecule has 0 aromatic carbocycles. The monoisotopic (exact) mass is 552 g/mol. The van der Waals surface area contributed by atoms with E-state index in [0.717, 1.165) is 48.5 Å². The number of aliphatic imine (C=N–C) groups is 1. The number of primary amides is 1. The number of urea groups is 1. The smallest absolute Gasteiger partial charge is 0.315 e. The summed E-state index contributed by atoms with van der Waals surface area (Å²) < 4.78 is 5.76. The fraction of sp³-hybridized carbons (Fsp3) is 0.424. The SMILES string of the molecule is C1=CCC=C2C=CCC(CN3CCCCC3)=CC2=C1.CC1=NC2(c3n[nH]c4c3CN(C(N)=O)CC4)CC=CC=C2O1. The van der Waals surface area contributed by atoms with Crippen LogP contribution in [0.3, 0.4) is 0 Å². The van der Waals surface area contributed by atoms with Gasteiger partial charge in [0.25, 0.3) is 0 Å². The lowest BCUT2D eigenvalue weighted by atomic mass is 9.83. The second kappa shape index (κ2) is 11.9. The molecule has 1 unspecified atom stereocenters. The molecule has 8 nitrogen and oxygen atoms in total. The van der Waals surface area contributed by atoms with Crippen LogP contribution in [0.4, 0.5) is 4.79 Å². The lowest BCUT2D eigenvalue weighted by molar-refractivity contribution is 0.201. The Hall–Kier alpha value is -3.91. The van der Waals surface area contributed by atoms with Crippen LogP contribution in [0.1, 0.15) is 62.4 Å². The van der Waals surface area contributed by atoms with Crippen LogP contribution in [0, 0.1) is 0 Å². The van der Waals surface area contributed by atoms with Gasteiger partial charge in [-0.3, -0.25) is 10.00 Å². The average molecular weight is 553 g/mol. The highest BCUT2D eigenvalue weighted by Gasteiger charge is 2.47. The largest absolute Gasteiger partial charge is 0.445 e. The van der Waals surface area contributed by atoms with E-state index >= 15 is 0 Å². The maximum atomic E-state index is 11.5. The van der Waals surface area contributed by atoms with Gasteiger partial charge >= 0.3 is 6.03 Å². The van der Waals surface area contributed by atoms with Crippen LogP contribution in [0.25, 0.3) is 0 Å². The number of carbonyl (C=O) groups is 1. The number of aromatic amines is 1. The third-order valence-corrected chi connectivity index (χ3v) is 8.58. The minimum absolute atomic E-state index is 0.406. The van der Waals surface area contributed by atoms with Crippen molar-refractivity contribution in [3.05, 3.63) is 100 Å². The number of hydrogen-bond donors (Lipinski definition) is 2. The van der Waals surface area contributed by atoms with Gasteiger partial charge < -0.3 is 15.4 Å². The molecule has 1 fully saturated rings. The maximum absolute atomic E-state index is 11.5. The Labute approximate surface area is 242 Å². The van der Waals surface area contributed by atoms with Crippen molar-refractivity contribution in [2.24, 2.45) is 10.7 Å². The molecule has 1 saturated heterocycles. The first-order valence-electron chi connectivity index (χ1n) is 14.9. The Morgan fingerprint density at radius 1 is 1.10 bits per heavy atom. The van der Waals surface area contributed by atoms with Crippen LogP contribution in [-0.4, -0.2) is 58.1 Å². The Kier molecular flexibility index (Phi) is 7.92. The van der Waals surface area contributed by atoms with Crippen molar-refractivity contribution in [1.29, 1.82) is 0 Å². The molecule has 4 heterocycles. The molecule has 1 aromatic rings. The molecule has 3 aliphatic carbocycles. The van der Waals surface area contributed by atoms with E-state index in [0.29, 0.717) is 25.4 Å². The van der Waals surface area contributed by atoms with E-state index in [1.165, 1.54) is 43.5 Å². The highest BCUT2D eigenvalue weighted by molar-refractivity contribution is 5.79. The molecule has 0 radical (unpaired) electrons. The lowest BCUT2D eigenvalue weighted by Crippen LogP contribution is -2.40. The van der Waals surface area contributed by atoms with Crippen molar-refractivity contribution in [3.63, 3.8) is 0 Å². The number of fused-ring (bicyclic) bond motifs is 3. The number of piperidine rings is 1. The van der Waals surface area contributed by atoms with Gasteiger partial charge in [0.2, 0.25) is 0 Å². The first kappa shape index (κ1) is 27.3. The van der Waals surface area contributed by atoms with E-state index in [1.807, 2.05) is 19.1 Å². The number of amides is 2. The van der Waals surface area contributed by atoms with Gasteiger partial charge in [0, 0.05) is 44.1 Å². The normalized spacial score (nSPS) is 25.0. The number of nitrogens with two attached hydrogens (primary N) is 1. The number of allylic oxidation sites excluding steroid dienone is 11. The molecule has 0 bridgehead atoms. The van der Waals surface area contributed by atoms with Crippen molar-refractivity contribution in [3.8, 4) is 0 Å². The molecular formula is C33H40N6O2. The number of nitrogens with one attached hydrogen (secondary N) is 1. The van der Waals surface area contributed by atoms with Gasteiger partial charge in [-0.25, -0.2) is 9.79 Å². The van der Waals surface area contributed by atoms with Crippen molar-refractivity contribution in [2.75, 3.05) is 26.2 Å².